The molecule has 0 spiro atoms. The number of thiazole rings is 1. The number of piperidine rings is 1. The first-order chi connectivity index (χ1) is 9.88. The third-order valence-corrected chi connectivity index (χ3v) is 4.56. The highest BCUT2D eigenvalue weighted by Gasteiger charge is 2.24. The van der Waals surface area contributed by atoms with E-state index in [1.54, 1.807) is 0 Å². The molecule has 0 aromatic carbocycles. The van der Waals surface area contributed by atoms with Gasteiger partial charge in [0.15, 0.2) is 5.13 Å². The van der Waals surface area contributed by atoms with Crippen LogP contribution in [0.2, 0.25) is 0 Å². The zero-order valence-electron chi connectivity index (χ0n) is 11.8. The number of hydrogen-bond donors (Lipinski definition) is 4. The summed E-state index contributed by atoms with van der Waals surface area (Å²) in [6.45, 7) is 3.12. The standard InChI is InChI=1S/C12H20N6O2S/c1-6(10(15)19)16-11(20)8-9(14)17-12(21-8)18-4-2-7(13)3-5-18/h6-7H,2-5,13-14H2,1H3,(H2,15,19)(H,16,20). The molecule has 0 saturated carbocycles. The summed E-state index contributed by atoms with van der Waals surface area (Å²) in [4.78, 5) is 29.6. The number of anilines is 2. The molecule has 1 saturated heterocycles. The number of nitrogens with one attached hydrogen (secondary N) is 1. The van der Waals surface area contributed by atoms with E-state index in [1.807, 2.05) is 0 Å². The molecule has 1 aliphatic rings. The van der Waals surface area contributed by atoms with Crippen molar-refractivity contribution in [3.8, 4) is 0 Å². The summed E-state index contributed by atoms with van der Waals surface area (Å²) in [7, 11) is 0. The van der Waals surface area contributed by atoms with Gasteiger partial charge < -0.3 is 27.4 Å². The van der Waals surface area contributed by atoms with Crippen molar-refractivity contribution in [2.24, 2.45) is 11.5 Å². The number of nitrogen functional groups attached to an aromatic ring is 1. The van der Waals surface area contributed by atoms with Crippen molar-refractivity contribution in [3.63, 3.8) is 0 Å². The number of primary amides is 1. The number of hydrogen-bond acceptors (Lipinski definition) is 7. The average molecular weight is 312 g/mol. The van der Waals surface area contributed by atoms with E-state index in [2.05, 4.69) is 15.2 Å². The van der Waals surface area contributed by atoms with Crippen LogP contribution in [0, 0.1) is 0 Å². The Bertz CT molecular complexity index is 538. The second-order valence-electron chi connectivity index (χ2n) is 5.13. The van der Waals surface area contributed by atoms with Crippen molar-refractivity contribution in [2.75, 3.05) is 23.7 Å². The minimum Gasteiger partial charge on any atom is -0.382 e. The summed E-state index contributed by atoms with van der Waals surface area (Å²) in [5.74, 6) is -0.869. The van der Waals surface area contributed by atoms with E-state index >= 15 is 0 Å². The normalized spacial score (nSPS) is 17.5. The van der Waals surface area contributed by atoms with E-state index < -0.39 is 17.9 Å². The SMILES string of the molecule is CC(NC(=O)c1sc(N2CCC(N)CC2)nc1N)C(N)=O. The van der Waals surface area contributed by atoms with Crippen molar-refractivity contribution in [3.05, 3.63) is 4.88 Å². The Morgan fingerprint density at radius 2 is 2.05 bits per heavy atom. The Kier molecular flexibility index (Phi) is 4.63. The van der Waals surface area contributed by atoms with Gasteiger partial charge in [0.1, 0.15) is 16.7 Å². The highest BCUT2D eigenvalue weighted by Crippen LogP contribution is 2.29. The van der Waals surface area contributed by atoms with Crippen molar-refractivity contribution in [1.29, 1.82) is 0 Å². The zero-order chi connectivity index (χ0) is 15.6. The summed E-state index contributed by atoms with van der Waals surface area (Å²) in [6.07, 6.45) is 1.78. The summed E-state index contributed by atoms with van der Waals surface area (Å²) in [6, 6.07) is -0.534. The molecule has 7 N–H and O–H groups in total. The number of aromatic nitrogens is 1. The molecule has 0 aliphatic carbocycles. The number of carbonyl (C=O) groups excluding carboxylic acids is 2. The molecule has 0 bridgehead atoms. The lowest BCUT2D eigenvalue weighted by molar-refractivity contribution is -0.119. The number of amides is 2. The van der Waals surface area contributed by atoms with E-state index in [-0.39, 0.29) is 11.9 Å². The van der Waals surface area contributed by atoms with Crippen LogP contribution in [-0.4, -0.2) is 42.0 Å². The zero-order valence-corrected chi connectivity index (χ0v) is 12.7. The third kappa shape index (κ3) is 3.61. The molecule has 1 fully saturated rings. The van der Waals surface area contributed by atoms with Crippen LogP contribution >= 0.6 is 11.3 Å². The topological polar surface area (TPSA) is 140 Å². The number of carbonyl (C=O) groups is 2. The molecular weight excluding hydrogens is 292 g/mol. The Morgan fingerprint density at radius 1 is 1.43 bits per heavy atom. The minimum atomic E-state index is -0.754. The Morgan fingerprint density at radius 3 is 2.62 bits per heavy atom. The molecule has 2 amide bonds. The van der Waals surface area contributed by atoms with E-state index in [9.17, 15) is 9.59 Å². The fourth-order valence-electron chi connectivity index (χ4n) is 2.04. The molecule has 2 rings (SSSR count). The van der Waals surface area contributed by atoms with Crippen LogP contribution in [0.15, 0.2) is 0 Å². The monoisotopic (exact) mass is 312 g/mol. The Hall–Kier alpha value is -1.87. The molecule has 9 heteroatoms. The van der Waals surface area contributed by atoms with E-state index in [0.717, 1.165) is 25.9 Å². The lowest BCUT2D eigenvalue weighted by Gasteiger charge is -2.29. The highest BCUT2D eigenvalue weighted by molar-refractivity contribution is 7.18. The predicted molar refractivity (Wildman–Crippen MR) is 82.1 cm³/mol. The molecular formula is C12H20N6O2S. The van der Waals surface area contributed by atoms with E-state index in [0.29, 0.717) is 10.0 Å². The fourth-order valence-corrected chi connectivity index (χ4v) is 2.98. The fraction of sp³-hybridized carbons (Fsp3) is 0.583. The number of nitrogens with zero attached hydrogens (tertiary/aromatic N) is 2. The minimum absolute atomic E-state index is 0.166. The average Bonchev–Trinajstić information content (AvgIpc) is 2.81. The van der Waals surface area contributed by atoms with Gasteiger partial charge in [0, 0.05) is 19.1 Å². The van der Waals surface area contributed by atoms with Gasteiger partial charge in [0.2, 0.25) is 5.91 Å². The first kappa shape index (κ1) is 15.5. The summed E-state index contributed by atoms with van der Waals surface area (Å²) in [5.41, 5.74) is 16.8. The number of rotatable bonds is 4. The van der Waals surface area contributed by atoms with Crippen LogP contribution in [0.3, 0.4) is 0 Å². The van der Waals surface area contributed by atoms with Gasteiger partial charge in [-0.15, -0.1) is 0 Å². The van der Waals surface area contributed by atoms with Crippen LogP contribution in [0.5, 0.6) is 0 Å². The van der Waals surface area contributed by atoms with Crippen molar-refractivity contribution >= 4 is 34.1 Å². The summed E-state index contributed by atoms with van der Waals surface area (Å²) >= 11 is 1.21. The first-order valence-corrected chi connectivity index (χ1v) is 7.57. The molecule has 2 heterocycles. The largest absolute Gasteiger partial charge is 0.382 e. The van der Waals surface area contributed by atoms with Crippen LogP contribution < -0.4 is 27.4 Å². The second kappa shape index (κ2) is 6.27. The van der Waals surface area contributed by atoms with Crippen molar-refractivity contribution in [2.45, 2.75) is 31.8 Å². The lowest BCUT2D eigenvalue weighted by Crippen LogP contribution is -2.42. The molecule has 116 valence electrons. The smallest absolute Gasteiger partial charge is 0.265 e. The molecule has 1 atom stereocenters. The van der Waals surface area contributed by atoms with E-state index in [4.69, 9.17) is 17.2 Å². The molecule has 0 radical (unpaired) electrons. The number of nitrogens with two attached hydrogens (primary N) is 3. The Balaban J connectivity index is 2.08. The summed E-state index contributed by atoms with van der Waals surface area (Å²) in [5, 5.41) is 3.20. The molecule has 1 unspecified atom stereocenters. The van der Waals surface area contributed by atoms with Crippen LogP contribution in [0.4, 0.5) is 10.9 Å². The molecule has 1 aromatic heterocycles. The van der Waals surface area contributed by atoms with Gasteiger partial charge in [-0.25, -0.2) is 4.98 Å². The van der Waals surface area contributed by atoms with Gasteiger partial charge in [-0.1, -0.05) is 11.3 Å². The van der Waals surface area contributed by atoms with Gasteiger partial charge in [-0.05, 0) is 19.8 Å². The van der Waals surface area contributed by atoms with Gasteiger partial charge in [-0.2, -0.15) is 0 Å². The third-order valence-electron chi connectivity index (χ3n) is 3.43. The van der Waals surface area contributed by atoms with Gasteiger partial charge in [0.05, 0.1) is 0 Å². The maximum Gasteiger partial charge on any atom is 0.265 e. The quantitative estimate of drug-likeness (QED) is 0.577. The maximum atomic E-state index is 12.1. The predicted octanol–water partition coefficient (Wildman–Crippen LogP) is -0.744. The Labute approximate surface area is 126 Å². The van der Waals surface area contributed by atoms with Gasteiger partial charge in [-0.3, -0.25) is 9.59 Å². The van der Waals surface area contributed by atoms with Gasteiger partial charge in [0.25, 0.3) is 5.91 Å². The first-order valence-electron chi connectivity index (χ1n) is 6.75. The molecule has 1 aliphatic heterocycles. The van der Waals surface area contributed by atoms with Crippen LogP contribution in [0.25, 0.3) is 0 Å². The van der Waals surface area contributed by atoms with Crippen molar-refractivity contribution in [1.82, 2.24) is 10.3 Å². The van der Waals surface area contributed by atoms with Gasteiger partial charge >= 0.3 is 0 Å². The van der Waals surface area contributed by atoms with Crippen LogP contribution in [-0.2, 0) is 4.79 Å². The molecule has 8 nitrogen and oxygen atoms in total. The molecule has 1 aromatic rings. The summed E-state index contributed by atoms with van der Waals surface area (Å²) < 4.78 is 0. The van der Waals surface area contributed by atoms with E-state index in [1.165, 1.54) is 18.3 Å². The second-order valence-corrected chi connectivity index (χ2v) is 6.11. The highest BCUT2D eigenvalue weighted by atomic mass is 32.1. The van der Waals surface area contributed by atoms with Crippen LogP contribution in [0.1, 0.15) is 29.4 Å². The molecule has 21 heavy (non-hydrogen) atoms. The lowest BCUT2D eigenvalue weighted by atomic mass is 10.1. The van der Waals surface area contributed by atoms with Crippen molar-refractivity contribution < 1.29 is 9.59 Å². The maximum absolute atomic E-state index is 12.1.